The minimum absolute atomic E-state index is 0.301. The number of benzene rings is 1. The number of halogens is 1. The van der Waals surface area contributed by atoms with E-state index in [1.807, 2.05) is 12.1 Å². The van der Waals surface area contributed by atoms with E-state index >= 15 is 0 Å². The zero-order chi connectivity index (χ0) is 13.0. The molecule has 0 aliphatic heterocycles. The monoisotopic (exact) mass is 244 g/mol. The van der Waals surface area contributed by atoms with Crippen molar-refractivity contribution in [3.63, 3.8) is 0 Å². The third-order valence-electron chi connectivity index (χ3n) is 2.81. The Morgan fingerprint density at radius 1 is 1.22 bits per heavy atom. The van der Waals surface area contributed by atoms with Crippen LogP contribution in [0.3, 0.4) is 0 Å². The van der Waals surface area contributed by atoms with Gasteiger partial charge in [-0.1, -0.05) is 26.0 Å². The van der Waals surface area contributed by atoms with Gasteiger partial charge in [-0.15, -0.1) is 0 Å². The summed E-state index contributed by atoms with van der Waals surface area (Å²) in [6.45, 7) is 4.90. The minimum Gasteiger partial charge on any atom is -0.381 e. The highest BCUT2D eigenvalue weighted by Gasteiger charge is 2.01. The van der Waals surface area contributed by atoms with Crippen LogP contribution in [0, 0.1) is 5.82 Å². The molecule has 0 bridgehead atoms. The molecule has 0 aliphatic rings. The molecule has 0 atom stereocenters. The summed E-state index contributed by atoms with van der Waals surface area (Å²) in [5.41, 5.74) is 3.17. The van der Waals surface area contributed by atoms with Crippen molar-refractivity contribution in [3.8, 4) is 0 Å². The molecule has 1 aromatic heterocycles. The van der Waals surface area contributed by atoms with E-state index in [1.165, 1.54) is 17.8 Å². The molecule has 2 rings (SSSR count). The van der Waals surface area contributed by atoms with Crippen molar-refractivity contribution in [3.05, 3.63) is 59.7 Å². The van der Waals surface area contributed by atoms with E-state index < -0.39 is 0 Å². The molecule has 0 spiro atoms. The smallest absolute Gasteiger partial charge is 0.141 e. The van der Waals surface area contributed by atoms with Gasteiger partial charge in [0, 0.05) is 18.4 Å². The Balaban J connectivity index is 2.04. The molecular weight excluding hydrogens is 227 g/mol. The van der Waals surface area contributed by atoms with Crippen LogP contribution in [0.1, 0.15) is 30.9 Å². The molecule has 1 heterocycles. The Morgan fingerprint density at radius 2 is 2.06 bits per heavy atom. The highest BCUT2D eigenvalue weighted by Crippen LogP contribution is 2.19. The highest BCUT2D eigenvalue weighted by atomic mass is 19.1. The third-order valence-corrected chi connectivity index (χ3v) is 2.81. The number of rotatable bonds is 4. The molecule has 1 N–H and O–H groups in total. The average molecular weight is 244 g/mol. The normalized spacial score (nSPS) is 10.7. The van der Waals surface area contributed by atoms with Crippen LogP contribution in [0.4, 0.5) is 10.1 Å². The summed E-state index contributed by atoms with van der Waals surface area (Å²) in [5.74, 6) is 0.202. The van der Waals surface area contributed by atoms with E-state index in [0.29, 0.717) is 12.5 Å². The van der Waals surface area contributed by atoms with Gasteiger partial charge < -0.3 is 5.32 Å². The van der Waals surface area contributed by atoms with Gasteiger partial charge in [0.05, 0.1) is 6.20 Å². The van der Waals surface area contributed by atoms with Crippen LogP contribution >= 0.6 is 0 Å². The third kappa shape index (κ3) is 3.29. The van der Waals surface area contributed by atoms with Crippen molar-refractivity contribution in [2.24, 2.45) is 0 Å². The van der Waals surface area contributed by atoms with Crippen LogP contribution in [0.25, 0.3) is 0 Å². The summed E-state index contributed by atoms with van der Waals surface area (Å²) in [6.07, 6.45) is 2.88. The number of hydrogen-bond acceptors (Lipinski definition) is 2. The van der Waals surface area contributed by atoms with E-state index in [9.17, 15) is 4.39 Å². The first kappa shape index (κ1) is 12.6. The van der Waals surface area contributed by atoms with Crippen molar-refractivity contribution >= 4 is 5.69 Å². The van der Waals surface area contributed by atoms with Crippen LogP contribution in [-0.2, 0) is 6.54 Å². The van der Waals surface area contributed by atoms with Crippen molar-refractivity contribution in [1.82, 2.24) is 4.98 Å². The Bertz CT molecular complexity index is 523. The van der Waals surface area contributed by atoms with Gasteiger partial charge in [-0.2, -0.15) is 0 Å². The quantitative estimate of drug-likeness (QED) is 0.880. The van der Waals surface area contributed by atoms with Crippen molar-refractivity contribution in [1.29, 1.82) is 0 Å². The number of aromatic nitrogens is 1. The van der Waals surface area contributed by atoms with E-state index in [-0.39, 0.29) is 5.82 Å². The first-order chi connectivity index (χ1) is 8.65. The molecular formula is C15H17FN2. The first-order valence-corrected chi connectivity index (χ1v) is 6.08. The maximum absolute atomic E-state index is 13.0. The van der Waals surface area contributed by atoms with Gasteiger partial charge in [-0.3, -0.25) is 4.98 Å². The predicted octanol–water partition coefficient (Wildman–Crippen LogP) is 3.96. The zero-order valence-corrected chi connectivity index (χ0v) is 10.7. The number of pyridine rings is 1. The van der Waals surface area contributed by atoms with E-state index in [1.54, 1.807) is 6.20 Å². The molecule has 3 heteroatoms. The van der Waals surface area contributed by atoms with Gasteiger partial charge in [0.25, 0.3) is 0 Å². The second-order valence-electron chi connectivity index (χ2n) is 4.65. The number of nitrogens with one attached hydrogen (secondary N) is 1. The lowest BCUT2D eigenvalue weighted by Crippen LogP contribution is -2.01. The Kier molecular flexibility index (Phi) is 3.92. The fourth-order valence-corrected chi connectivity index (χ4v) is 1.76. The molecule has 94 valence electrons. The van der Waals surface area contributed by atoms with Gasteiger partial charge in [-0.25, -0.2) is 4.39 Å². The number of nitrogens with zero attached hydrogens (tertiary/aromatic N) is 1. The maximum Gasteiger partial charge on any atom is 0.141 e. The van der Waals surface area contributed by atoms with Crippen molar-refractivity contribution < 1.29 is 4.39 Å². The Labute approximate surface area is 107 Å². The summed E-state index contributed by atoms with van der Waals surface area (Å²) in [5, 5.41) is 3.28. The lowest BCUT2D eigenvalue weighted by molar-refractivity contribution is 0.619. The standard InChI is InChI=1S/C15H17FN2/c1-11(2)13-4-3-5-15(7-13)18-9-12-6-14(16)10-17-8-12/h3-8,10-11,18H,9H2,1-2H3. The summed E-state index contributed by atoms with van der Waals surface area (Å²) >= 11 is 0. The first-order valence-electron chi connectivity index (χ1n) is 6.08. The van der Waals surface area contributed by atoms with Crippen LogP contribution in [0.2, 0.25) is 0 Å². The molecule has 2 nitrogen and oxygen atoms in total. The van der Waals surface area contributed by atoms with E-state index in [4.69, 9.17) is 0 Å². The summed E-state index contributed by atoms with van der Waals surface area (Å²) in [6, 6.07) is 9.77. The largest absolute Gasteiger partial charge is 0.381 e. The Hall–Kier alpha value is -1.90. The second-order valence-corrected chi connectivity index (χ2v) is 4.65. The molecule has 2 aromatic rings. The fourth-order valence-electron chi connectivity index (χ4n) is 1.76. The Morgan fingerprint density at radius 3 is 2.78 bits per heavy atom. The van der Waals surface area contributed by atoms with Crippen LogP contribution in [0.15, 0.2) is 42.7 Å². The number of anilines is 1. The second kappa shape index (κ2) is 5.63. The molecule has 0 saturated carbocycles. The van der Waals surface area contributed by atoms with Gasteiger partial charge in [0.15, 0.2) is 0 Å². The summed E-state index contributed by atoms with van der Waals surface area (Å²) in [7, 11) is 0. The minimum atomic E-state index is -0.301. The van der Waals surface area contributed by atoms with Crippen LogP contribution in [-0.4, -0.2) is 4.98 Å². The SMILES string of the molecule is CC(C)c1cccc(NCc2cncc(F)c2)c1. The molecule has 1 aromatic carbocycles. The summed E-state index contributed by atoms with van der Waals surface area (Å²) < 4.78 is 13.0. The van der Waals surface area contributed by atoms with Crippen molar-refractivity contribution in [2.45, 2.75) is 26.3 Å². The average Bonchev–Trinajstić information content (AvgIpc) is 2.37. The van der Waals surface area contributed by atoms with Crippen LogP contribution in [0.5, 0.6) is 0 Å². The van der Waals surface area contributed by atoms with Gasteiger partial charge in [0.1, 0.15) is 5.82 Å². The maximum atomic E-state index is 13.0. The highest BCUT2D eigenvalue weighted by molar-refractivity contribution is 5.46. The molecule has 0 saturated heterocycles. The van der Waals surface area contributed by atoms with Gasteiger partial charge in [0.2, 0.25) is 0 Å². The number of hydrogen-bond donors (Lipinski definition) is 1. The molecule has 0 amide bonds. The molecule has 0 fully saturated rings. The topological polar surface area (TPSA) is 24.9 Å². The molecule has 0 aliphatic carbocycles. The van der Waals surface area contributed by atoms with Crippen LogP contribution < -0.4 is 5.32 Å². The zero-order valence-electron chi connectivity index (χ0n) is 10.7. The van der Waals surface area contributed by atoms with E-state index in [2.05, 4.69) is 36.3 Å². The van der Waals surface area contributed by atoms with Gasteiger partial charge >= 0.3 is 0 Å². The summed E-state index contributed by atoms with van der Waals surface area (Å²) in [4.78, 5) is 3.83. The van der Waals surface area contributed by atoms with Crippen molar-refractivity contribution in [2.75, 3.05) is 5.32 Å². The molecule has 0 radical (unpaired) electrons. The fraction of sp³-hybridized carbons (Fsp3) is 0.267. The molecule has 18 heavy (non-hydrogen) atoms. The van der Waals surface area contributed by atoms with Gasteiger partial charge in [-0.05, 0) is 35.2 Å². The van der Waals surface area contributed by atoms with E-state index in [0.717, 1.165) is 11.3 Å². The predicted molar refractivity (Wildman–Crippen MR) is 72.1 cm³/mol. The lowest BCUT2D eigenvalue weighted by Gasteiger charge is -2.10. The lowest BCUT2D eigenvalue weighted by atomic mass is 10.0. The molecule has 0 unspecified atom stereocenters.